The summed E-state index contributed by atoms with van der Waals surface area (Å²) >= 11 is 11.2. The number of nitrogens with one attached hydrogen (secondary N) is 2. The average Bonchev–Trinajstić information content (AvgIpc) is 2.55. The number of fused-ring (bicyclic) bond motifs is 1. The van der Waals surface area contributed by atoms with Gasteiger partial charge in [0.15, 0.2) is 5.11 Å². The van der Waals surface area contributed by atoms with Gasteiger partial charge in [-0.3, -0.25) is 0 Å². The highest BCUT2D eigenvalue weighted by Gasteiger charge is 2.00. The van der Waals surface area contributed by atoms with Gasteiger partial charge in [0.05, 0.1) is 0 Å². The third kappa shape index (κ3) is 3.75. The summed E-state index contributed by atoms with van der Waals surface area (Å²) in [5.74, 6) is 0. The molecule has 2 nitrogen and oxygen atoms in total. The zero-order chi connectivity index (χ0) is 15.4. The minimum Gasteiger partial charge on any atom is -0.358 e. The summed E-state index contributed by atoms with van der Waals surface area (Å²) < 4.78 is 0. The summed E-state index contributed by atoms with van der Waals surface area (Å²) in [5.41, 5.74) is 2.11. The van der Waals surface area contributed by atoms with Crippen LogP contribution in [0.1, 0.15) is 5.56 Å². The van der Waals surface area contributed by atoms with Gasteiger partial charge in [0.25, 0.3) is 0 Å². The van der Waals surface area contributed by atoms with E-state index >= 15 is 0 Å². The highest BCUT2D eigenvalue weighted by molar-refractivity contribution is 7.80. The molecule has 4 heteroatoms. The Kier molecular flexibility index (Phi) is 4.56. The molecule has 0 radical (unpaired) electrons. The van der Waals surface area contributed by atoms with Crippen LogP contribution in [0.5, 0.6) is 0 Å². The Bertz CT molecular complexity index is 800. The maximum absolute atomic E-state index is 5.86. The first-order valence-corrected chi connectivity index (χ1v) is 7.77. The van der Waals surface area contributed by atoms with Crippen molar-refractivity contribution in [3.05, 3.63) is 77.3 Å². The van der Waals surface area contributed by atoms with E-state index in [0.717, 1.165) is 5.69 Å². The summed E-state index contributed by atoms with van der Waals surface area (Å²) in [6.45, 7) is 0.685. The van der Waals surface area contributed by atoms with Gasteiger partial charge in [-0.15, -0.1) is 0 Å². The van der Waals surface area contributed by atoms with E-state index in [-0.39, 0.29) is 0 Å². The second-order valence-electron chi connectivity index (χ2n) is 5.00. The number of hydrogen-bond donors (Lipinski definition) is 2. The minimum atomic E-state index is 0.593. The highest BCUT2D eigenvalue weighted by Crippen LogP contribution is 2.16. The second kappa shape index (κ2) is 6.77. The quantitative estimate of drug-likeness (QED) is 0.664. The third-order valence-corrected chi connectivity index (χ3v) is 3.87. The summed E-state index contributed by atoms with van der Waals surface area (Å²) in [7, 11) is 0. The molecule has 3 aromatic rings. The van der Waals surface area contributed by atoms with E-state index in [1.54, 1.807) is 0 Å². The Morgan fingerprint density at radius 3 is 2.41 bits per heavy atom. The SMILES string of the molecule is S=C(NCc1ccc2ccccc2c1)Nc1ccc(Cl)cc1. The average molecular weight is 327 g/mol. The van der Waals surface area contributed by atoms with Crippen molar-refractivity contribution < 1.29 is 0 Å². The van der Waals surface area contributed by atoms with E-state index in [0.29, 0.717) is 16.7 Å². The topological polar surface area (TPSA) is 24.1 Å². The van der Waals surface area contributed by atoms with Crippen LogP contribution in [-0.4, -0.2) is 5.11 Å². The predicted octanol–water partition coefficient (Wildman–Crippen LogP) is 4.98. The summed E-state index contributed by atoms with van der Waals surface area (Å²) in [4.78, 5) is 0. The lowest BCUT2D eigenvalue weighted by atomic mass is 10.1. The number of thiocarbonyl (C=S) groups is 1. The van der Waals surface area contributed by atoms with E-state index in [2.05, 4.69) is 41.0 Å². The van der Waals surface area contributed by atoms with Crippen LogP contribution in [0.4, 0.5) is 5.69 Å². The molecule has 0 amide bonds. The minimum absolute atomic E-state index is 0.593. The van der Waals surface area contributed by atoms with Gasteiger partial charge in [0.2, 0.25) is 0 Å². The monoisotopic (exact) mass is 326 g/mol. The first kappa shape index (κ1) is 14.8. The smallest absolute Gasteiger partial charge is 0.171 e. The Hall–Kier alpha value is -2.10. The van der Waals surface area contributed by atoms with Crippen LogP contribution in [0.2, 0.25) is 5.02 Å². The molecule has 0 atom stereocenters. The first-order valence-electron chi connectivity index (χ1n) is 6.99. The predicted molar refractivity (Wildman–Crippen MR) is 98.5 cm³/mol. The number of anilines is 1. The molecule has 0 aliphatic heterocycles. The van der Waals surface area contributed by atoms with Crippen molar-refractivity contribution in [3.63, 3.8) is 0 Å². The lowest BCUT2D eigenvalue weighted by Gasteiger charge is -2.11. The van der Waals surface area contributed by atoms with E-state index in [1.165, 1.54) is 16.3 Å². The number of rotatable bonds is 3. The molecule has 0 spiro atoms. The molecule has 0 aliphatic rings. The lowest BCUT2D eigenvalue weighted by molar-refractivity contribution is 0.928. The van der Waals surface area contributed by atoms with Crippen LogP contribution in [0.15, 0.2) is 66.7 Å². The van der Waals surface area contributed by atoms with Crippen molar-refractivity contribution in [2.75, 3.05) is 5.32 Å². The molecule has 3 rings (SSSR count). The van der Waals surface area contributed by atoms with Crippen molar-refractivity contribution in [3.8, 4) is 0 Å². The molecule has 0 aliphatic carbocycles. The summed E-state index contributed by atoms with van der Waals surface area (Å²) in [5, 5.41) is 10.1. The van der Waals surface area contributed by atoms with Gasteiger partial charge in [-0.2, -0.15) is 0 Å². The Balaban J connectivity index is 1.60. The molecule has 0 fully saturated rings. The van der Waals surface area contributed by atoms with E-state index in [9.17, 15) is 0 Å². The number of benzene rings is 3. The van der Waals surface area contributed by atoms with Crippen molar-refractivity contribution in [1.29, 1.82) is 0 Å². The van der Waals surface area contributed by atoms with Gasteiger partial charge in [-0.1, -0.05) is 48.0 Å². The van der Waals surface area contributed by atoms with Crippen molar-refractivity contribution in [2.45, 2.75) is 6.54 Å². The fraction of sp³-hybridized carbons (Fsp3) is 0.0556. The van der Waals surface area contributed by atoms with Gasteiger partial charge in [0.1, 0.15) is 0 Å². The van der Waals surface area contributed by atoms with Gasteiger partial charge >= 0.3 is 0 Å². The van der Waals surface area contributed by atoms with Crippen LogP contribution in [0.3, 0.4) is 0 Å². The Labute approximate surface area is 140 Å². The van der Waals surface area contributed by atoms with Crippen LogP contribution in [0.25, 0.3) is 10.8 Å². The summed E-state index contributed by atoms with van der Waals surface area (Å²) in [6, 6.07) is 22.2. The largest absolute Gasteiger partial charge is 0.358 e. The van der Waals surface area contributed by atoms with E-state index in [1.807, 2.05) is 36.4 Å². The molecule has 0 heterocycles. The molecule has 2 N–H and O–H groups in total. The number of halogens is 1. The van der Waals surface area contributed by atoms with Crippen LogP contribution >= 0.6 is 23.8 Å². The van der Waals surface area contributed by atoms with E-state index in [4.69, 9.17) is 23.8 Å². The van der Waals surface area contributed by atoms with Gasteiger partial charge in [-0.25, -0.2) is 0 Å². The zero-order valence-electron chi connectivity index (χ0n) is 11.8. The molecule has 0 saturated carbocycles. The molecule has 22 heavy (non-hydrogen) atoms. The maximum atomic E-state index is 5.86. The molecule has 0 saturated heterocycles. The fourth-order valence-corrected chi connectivity index (χ4v) is 2.56. The molecule has 3 aromatic carbocycles. The zero-order valence-corrected chi connectivity index (χ0v) is 13.4. The molecule has 110 valence electrons. The van der Waals surface area contributed by atoms with Crippen molar-refractivity contribution >= 4 is 45.4 Å². The second-order valence-corrected chi connectivity index (χ2v) is 5.84. The molecular formula is C18H15ClN2S. The Morgan fingerprint density at radius 2 is 1.64 bits per heavy atom. The summed E-state index contributed by atoms with van der Waals surface area (Å²) in [6.07, 6.45) is 0. The first-order chi connectivity index (χ1) is 10.7. The lowest BCUT2D eigenvalue weighted by Crippen LogP contribution is -2.27. The maximum Gasteiger partial charge on any atom is 0.171 e. The van der Waals surface area contributed by atoms with Gasteiger partial charge < -0.3 is 10.6 Å². The van der Waals surface area contributed by atoms with E-state index < -0.39 is 0 Å². The highest BCUT2D eigenvalue weighted by atomic mass is 35.5. The fourth-order valence-electron chi connectivity index (χ4n) is 2.24. The standard InChI is InChI=1S/C18H15ClN2S/c19-16-7-9-17(10-8-16)21-18(22)20-12-13-5-6-14-3-1-2-4-15(14)11-13/h1-11H,12H2,(H2,20,21,22). The van der Waals surface area contributed by atoms with Crippen LogP contribution in [-0.2, 0) is 6.54 Å². The van der Waals surface area contributed by atoms with Gasteiger partial charge in [-0.05, 0) is 58.9 Å². The van der Waals surface area contributed by atoms with Crippen LogP contribution < -0.4 is 10.6 Å². The van der Waals surface area contributed by atoms with Crippen molar-refractivity contribution in [1.82, 2.24) is 5.32 Å². The number of hydrogen-bond acceptors (Lipinski definition) is 1. The Morgan fingerprint density at radius 1 is 0.909 bits per heavy atom. The van der Waals surface area contributed by atoms with Crippen LogP contribution in [0, 0.1) is 0 Å². The van der Waals surface area contributed by atoms with Gasteiger partial charge in [0, 0.05) is 17.3 Å². The normalized spacial score (nSPS) is 10.4. The third-order valence-electron chi connectivity index (χ3n) is 3.37. The van der Waals surface area contributed by atoms with Crippen molar-refractivity contribution in [2.24, 2.45) is 0 Å². The molecule has 0 unspecified atom stereocenters. The molecule has 0 bridgehead atoms. The molecular weight excluding hydrogens is 312 g/mol. The molecule has 0 aromatic heterocycles.